The molecule has 2 heterocycles. The Bertz CT molecular complexity index is 1040. The van der Waals surface area contributed by atoms with Crippen molar-refractivity contribution in [3.63, 3.8) is 0 Å². The third kappa shape index (κ3) is 3.90. The highest BCUT2D eigenvalue weighted by molar-refractivity contribution is 7.89. The van der Waals surface area contributed by atoms with Gasteiger partial charge in [-0.15, -0.1) is 0 Å². The van der Waals surface area contributed by atoms with E-state index in [4.69, 9.17) is 13.9 Å². The Balaban J connectivity index is 1.68. The fourth-order valence-corrected chi connectivity index (χ4v) is 4.44. The van der Waals surface area contributed by atoms with Gasteiger partial charge in [-0.2, -0.15) is 4.31 Å². The summed E-state index contributed by atoms with van der Waals surface area (Å²) in [5.74, 6) is 1.58. The molecule has 7 heteroatoms. The third-order valence-electron chi connectivity index (χ3n) is 4.54. The summed E-state index contributed by atoms with van der Waals surface area (Å²) in [6.45, 7) is 3.22. The lowest BCUT2D eigenvalue weighted by molar-refractivity contribution is 0.171. The average Bonchev–Trinajstić information content (AvgIpc) is 3.22. The van der Waals surface area contributed by atoms with E-state index >= 15 is 0 Å². The molecule has 1 aliphatic rings. The van der Waals surface area contributed by atoms with Gasteiger partial charge in [-0.25, -0.2) is 8.42 Å². The quantitative estimate of drug-likeness (QED) is 0.631. The van der Waals surface area contributed by atoms with Crippen LogP contribution in [-0.4, -0.2) is 25.9 Å². The summed E-state index contributed by atoms with van der Waals surface area (Å²) in [4.78, 5) is 0.162. The molecule has 0 spiro atoms. The van der Waals surface area contributed by atoms with Crippen LogP contribution in [0.5, 0.6) is 11.5 Å². The molecule has 28 heavy (non-hydrogen) atoms. The Kier molecular flexibility index (Phi) is 5.11. The maximum absolute atomic E-state index is 13.4. The number of sulfonamides is 1. The summed E-state index contributed by atoms with van der Waals surface area (Å²) in [5, 5.41) is 0. The molecule has 1 aliphatic heterocycles. The van der Waals surface area contributed by atoms with Crippen molar-refractivity contribution >= 4 is 10.0 Å². The van der Waals surface area contributed by atoms with Crippen LogP contribution in [0.1, 0.15) is 16.9 Å². The van der Waals surface area contributed by atoms with Crippen LogP contribution in [-0.2, 0) is 23.1 Å². The zero-order valence-corrected chi connectivity index (χ0v) is 16.3. The molecular weight excluding hydrogens is 378 g/mol. The van der Waals surface area contributed by atoms with Crippen molar-refractivity contribution < 1.29 is 22.3 Å². The Morgan fingerprint density at radius 2 is 1.68 bits per heavy atom. The minimum absolute atomic E-state index is 0.137. The maximum Gasteiger partial charge on any atom is 0.243 e. The topological polar surface area (TPSA) is 69.0 Å². The zero-order valence-electron chi connectivity index (χ0n) is 15.5. The van der Waals surface area contributed by atoms with Gasteiger partial charge >= 0.3 is 0 Å². The van der Waals surface area contributed by atoms with Gasteiger partial charge in [0.15, 0.2) is 11.5 Å². The number of fused-ring (bicyclic) bond motifs is 1. The van der Waals surface area contributed by atoms with Crippen LogP contribution in [0.2, 0.25) is 0 Å². The molecule has 0 atom stereocenters. The van der Waals surface area contributed by atoms with Crippen molar-refractivity contribution in [1.82, 2.24) is 4.31 Å². The van der Waals surface area contributed by atoms with Crippen LogP contribution in [0, 0.1) is 6.92 Å². The Morgan fingerprint density at radius 1 is 0.929 bits per heavy atom. The number of hydrogen-bond acceptors (Lipinski definition) is 5. The van der Waals surface area contributed by atoms with Crippen molar-refractivity contribution in [2.75, 3.05) is 13.2 Å². The molecule has 0 radical (unpaired) electrons. The first-order chi connectivity index (χ1) is 13.5. The lowest BCUT2D eigenvalue weighted by Crippen LogP contribution is -2.30. The minimum atomic E-state index is -3.78. The summed E-state index contributed by atoms with van der Waals surface area (Å²) in [7, 11) is -3.78. The number of hydrogen-bond donors (Lipinski definition) is 0. The number of benzene rings is 2. The van der Waals surface area contributed by atoms with Gasteiger partial charge in [0.05, 0.1) is 17.7 Å². The van der Waals surface area contributed by atoms with E-state index < -0.39 is 10.0 Å². The normalized spacial score (nSPS) is 13.6. The summed E-state index contributed by atoms with van der Waals surface area (Å²) in [5.41, 5.74) is 2.02. The van der Waals surface area contributed by atoms with Crippen molar-refractivity contribution in [2.24, 2.45) is 0 Å². The summed E-state index contributed by atoms with van der Waals surface area (Å²) in [6.07, 6.45) is 1.54. The van der Waals surface area contributed by atoms with Gasteiger partial charge in [-0.1, -0.05) is 29.8 Å². The fourth-order valence-electron chi connectivity index (χ4n) is 3.03. The molecule has 0 saturated heterocycles. The van der Waals surface area contributed by atoms with E-state index in [0.29, 0.717) is 30.5 Å². The lowest BCUT2D eigenvalue weighted by atomic mass is 10.1. The number of ether oxygens (including phenoxy) is 2. The van der Waals surface area contributed by atoms with Gasteiger partial charge in [-0.3, -0.25) is 0 Å². The summed E-state index contributed by atoms with van der Waals surface area (Å²) >= 11 is 0. The van der Waals surface area contributed by atoms with Crippen LogP contribution in [0.25, 0.3) is 0 Å². The van der Waals surface area contributed by atoms with E-state index in [9.17, 15) is 8.42 Å². The zero-order chi connectivity index (χ0) is 19.6. The smallest absolute Gasteiger partial charge is 0.243 e. The second-order valence-corrected chi connectivity index (χ2v) is 8.58. The van der Waals surface area contributed by atoms with Crippen LogP contribution >= 0.6 is 0 Å². The van der Waals surface area contributed by atoms with Gasteiger partial charge in [0.2, 0.25) is 10.0 Å². The van der Waals surface area contributed by atoms with Gasteiger partial charge < -0.3 is 13.9 Å². The van der Waals surface area contributed by atoms with Crippen molar-refractivity contribution in [2.45, 2.75) is 24.9 Å². The lowest BCUT2D eigenvalue weighted by Gasteiger charge is -2.23. The molecule has 0 amide bonds. The first-order valence-corrected chi connectivity index (χ1v) is 10.4. The minimum Gasteiger partial charge on any atom is -0.486 e. The predicted molar refractivity (Wildman–Crippen MR) is 104 cm³/mol. The average molecular weight is 399 g/mol. The van der Waals surface area contributed by atoms with Crippen LogP contribution in [0.3, 0.4) is 0 Å². The largest absolute Gasteiger partial charge is 0.486 e. The molecule has 2 aromatic carbocycles. The SMILES string of the molecule is Cc1ccc(CN(Cc2ccco2)S(=O)(=O)c2ccc3c(c2)OCCO3)cc1. The van der Waals surface area contributed by atoms with E-state index in [1.807, 2.05) is 31.2 Å². The van der Waals surface area contributed by atoms with Crippen LogP contribution in [0.15, 0.2) is 70.2 Å². The molecule has 0 fully saturated rings. The van der Waals surface area contributed by atoms with Gasteiger partial charge in [0, 0.05) is 12.6 Å². The first-order valence-electron chi connectivity index (χ1n) is 9.00. The van der Waals surface area contributed by atoms with Gasteiger partial charge in [0.1, 0.15) is 19.0 Å². The highest BCUT2D eigenvalue weighted by Gasteiger charge is 2.27. The second-order valence-electron chi connectivity index (χ2n) is 6.64. The summed E-state index contributed by atoms with van der Waals surface area (Å²) < 4.78 is 44.6. The molecule has 0 unspecified atom stereocenters. The van der Waals surface area contributed by atoms with Gasteiger partial charge in [-0.05, 0) is 36.8 Å². The molecule has 4 rings (SSSR count). The first kappa shape index (κ1) is 18.6. The molecule has 3 aromatic rings. The van der Waals surface area contributed by atoms with Gasteiger partial charge in [0.25, 0.3) is 0 Å². The van der Waals surface area contributed by atoms with Crippen molar-refractivity contribution in [1.29, 1.82) is 0 Å². The molecular formula is C21H21NO5S. The van der Waals surface area contributed by atoms with Crippen LogP contribution in [0.4, 0.5) is 0 Å². The molecule has 0 N–H and O–H groups in total. The Labute approximate surface area is 164 Å². The summed E-state index contributed by atoms with van der Waals surface area (Å²) in [6, 6.07) is 16.0. The monoisotopic (exact) mass is 399 g/mol. The number of nitrogens with zero attached hydrogens (tertiary/aromatic N) is 1. The van der Waals surface area contributed by atoms with E-state index in [2.05, 4.69) is 0 Å². The number of aryl methyl sites for hydroxylation is 1. The molecule has 0 bridgehead atoms. The van der Waals surface area contributed by atoms with E-state index in [1.54, 1.807) is 24.3 Å². The van der Waals surface area contributed by atoms with Crippen molar-refractivity contribution in [3.05, 3.63) is 77.7 Å². The Hall–Kier alpha value is -2.77. The van der Waals surface area contributed by atoms with E-state index in [0.717, 1.165) is 11.1 Å². The standard InChI is InChI=1S/C21H21NO5S/c1-16-4-6-17(7-5-16)14-22(15-18-3-2-10-25-18)28(23,24)19-8-9-20-21(13-19)27-12-11-26-20/h2-10,13H,11-12,14-15H2,1H3. The van der Waals surface area contributed by atoms with Crippen molar-refractivity contribution in [3.8, 4) is 11.5 Å². The molecule has 0 saturated carbocycles. The third-order valence-corrected chi connectivity index (χ3v) is 6.33. The molecule has 0 aliphatic carbocycles. The van der Waals surface area contributed by atoms with E-state index in [1.165, 1.54) is 16.6 Å². The van der Waals surface area contributed by atoms with E-state index in [-0.39, 0.29) is 18.0 Å². The maximum atomic E-state index is 13.4. The molecule has 6 nitrogen and oxygen atoms in total. The predicted octanol–water partition coefficient (Wildman–Crippen LogP) is 3.75. The molecule has 146 valence electrons. The Morgan fingerprint density at radius 3 is 2.39 bits per heavy atom. The van der Waals surface area contributed by atoms with Crippen LogP contribution < -0.4 is 9.47 Å². The number of furan rings is 1. The highest BCUT2D eigenvalue weighted by Crippen LogP contribution is 2.33. The fraction of sp³-hybridized carbons (Fsp3) is 0.238. The highest BCUT2D eigenvalue weighted by atomic mass is 32.2. The molecule has 1 aromatic heterocycles. The second kappa shape index (κ2) is 7.69. The number of rotatable bonds is 6.